The smallest absolute Gasteiger partial charge is 0.147 e. The lowest BCUT2D eigenvalue weighted by Crippen LogP contribution is -2.43. The van der Waals surface area contributed by atoms with Gasteiger partial charge in [0.2, 0.25) is 0 Å². The molecule has 2 atom stereocenters. The highest BCUT2D eigenvalue weighted by molar-refractivity contribution is 4.69. The minimum absolute atomic E-state index is 0.0590. The molecule has 0 radical (unpaired) electrons. The fraction of sp³-hybridized carbons (Fsp3) is 1.00. The number of ether oxygens (including phenoxy) is 2. The first kappa shape index (κ1) is 6.01. The summed E-state index contributed by atoms with van der Waals surface area (Å²) in [5.74, 6) is 0. The van der Waals surface area contributed by atoms with Crippen LogP contribution in [0.15, 0.2) is 0 Å². The molecular formula is C5H11NO2. The fourth-order valence-electron chi connectivity index (χ4n) is 0.599. The van der Waals surface area contributed by atoms with Gasteiger partial charge in [-0.1, -0.05) is 0 Å². The van der Waals surface area contributed by atoms with Crippen LogP contribution in [0.25, 0.3) is 0 Å². The van der Waals surface area contributed by atoms with E-state index in [2.05, 4.69) is 0 Å². The summed E-state index contributed by atoms with van der Waals surface area (Å²) in [5, 5.41) is 0. The Morgan fingerprint density at radius 2 is 2.38 bits per heavy atom. The minimum atomic E-state index is 0.0590. The standard InChI is InChI=1S/C5H11NO2/c1-4-5(6)2-7-3-8-4/h4-5H,2-3,6H2,1H3/t4-,5?/m0/s1. The molecule has 8 heavy (non-hydrogen) atoms. The summed E-state index contributed by atoms with van der Waals surface area (Å²) in [6, 6.07) is 0.0590. The highest BCUT2D eigenvalue weighted by atomic mass is 16.7. The number of rotatable bonds is 0. The van der Waals surface area contributed by atoms with Gasteiger partial charge in [-0.2, -0.15) is 0 Å². The van der Waals surface area contributed by atoms with Gasteiger partial charge in [-0.05, 0) is 6.92 Å². The average Bonchev–Trinajstić information content (AvgIpc) is 1.77. The second-order valence-corrected chi connectivity index (χ2v) is 2.02. The zero-order valence-electron chi connectivity index (χ0n) is 4.96. The number of hydrogen-bond donors (Lipinski definition) is 1. The van der Waals surface area contributed by atoms with E-state index in [0.29, 0.717) is 13.4 Å². The van der Waals surface area contributed by atoms with Crippen LogP contribution in [-0.2, 0) is 9.47 Å². The van der Waals surface area contributed by atoms with Crippen LogP contribution in [0.4, 0.5) is 0 Å². The lowest BCUT2D eigenvalue weighted by atomic mass is 10.2. The molecule has 0 aromatic heterocycles. The van der Waals surface area contributed by atoms with Gasteiger partial charge >= 0.3 is 0 Å². The second-order valence-electron chi connectivity index (χ2n) is 2.02. The molecule has 48 valence electrons. The minimum Gasteiger partial charge on any atom is -0.354 e. The third-order valence-corrected chi connectivity index (χ3v) is 1.33. The van der Waals surface area contributed by atoms with E-state index in [4.69, 9.17) is 15.2 Å². The van der Waals surface area contributed by atoms with E-state index in [1.807, 2.05) is 6.92 Å². The maximum Gasteiger partial charge on any atom is 0.147 e. The molecule has 3 nitrogen and oxygen atoms in total. The van der Waals surface area contributed by atoms with Gasteiger partial charge in [0.05, 0.1) is 18.8 Å². The Morgan fingerprint density at radius 1 is 1.62 bits per heavy atom. The summed E-state index contributed by atoms with van der Waals surface area (Å²) >= 11 is 0. The highest BCUT2D eigenvalue weighted by Crippen LogP contribution is 2.02. The topological polar surface area (TPSA) is 44.5 Å². The van der Waals surface area contributed by atoms with Crippen LogP contribution in [0, 0.1) is 0 Å². The van der Waals surface area contributed by atoms with Crippen molar-refractivity contribution < 1.29 is 9.47 Å². The van der Waals surface area contributed by atoms with Crippen molar-refractivity contribution in [1.82, 2.24) is 0 Å². The maximum absolute atomic E-state index is 5.53. The quantitative estimate of drug-likeness (QED) is 0.474. The molecule has 1 aliphatic rings. The average molecular weight is 117 g/mol. The largest absolute Gasteiger partial charge is 0.354 e. The van der Waals surface area contributed by atoms with Crippen molar-refractivity contribution in [2.45, 2.75) is 19.1 Å². The van der Waals surface area contributed by atoms with Crippen LogP contribution >= 0.6 is 0 Å². The summed E-state index contributed by atoms with van der Waals surface area (Å²) in [4.78, 5) is 0. The van der Waals surface area contributed by atoms with Gasteiger partial charge in [0.1, 0.15) is 6.79 Å². The van der Waals surface area contributed by atoms with Crippen LogP contribution in [0.1, 0.15) is 6.92 Å². The molecule has 1 heterocycles. The van der Waals surface area contributed by atoms with E-state index in [0.717, 1.165) is 0 Å². The molecule has 0 aromatic carbocycles. The van der Waals surface area contributed by atoms with E-state index in [1.165, 1.54) is 0 Å². The first-order chi connectivity index (χ1) is 3.80. The molecule has 0 bridgehead atoms. The summed E-state index contributed by atoms with van der Waals surface area (Å²) in [5.41, 5.74) is 5.53. The molecule has 0 spiro atoms. The lowest BCUT2D eigenvalue weighted by molar-refractivity contribution is -0.142. The molecule has 0 aliphatic carbocycles. The van der Waals surface area contributed by atoms with Gasteiger partial charge in [0, 0.05) is 0 Å². The zero-order valence-corrected chi connectivity index (χ0v) is 4.96. The van der Waals surface area contributed by atoms with Crippen molar-refractivity contribution in [1.29, 1.82) is 0 Å². The van der Waals surface area contributed by atoms with Gasteiger partial charge < -0.3 is 15.2 Å². The van der Waals surface area contributed by atoms with Crippen LogP contribution in [0.5, 0.6) is 0 Å². The highest BCUT2D eigenvalue weighted by Gasteiger charge is 2.17. The molecule has 1 rings (SSSR count). The van der Waals surface area contributed by atoms with E-state index in [1.54, 1.807) is 0 Å². The molecule has 3 heteroatoms. The number of hydrogen-bond acceptors (Lipinski definition) is 3. The van der Waals surface area contributed by atoms with Crippen LogP contribution in [0.3, 0.4) is 0 Å². The Morgan fingerprint density at radius 3 is 2.75 bits per heavy atom. The molecular weight excluding hydrogens is 106 g/mol. The predicted octanol–water partition coefficient (Wildman–Crippen LogP) is -0.294. The van der Waals surface area contributed by atoms with Gasteiger partial charge in [-0.3, -0.25) is 0 Å². The van der Waals surface area contributed by atoms with E-state index < -0.39 is 0 Å². The van der Waals surface area contributed by atoms with Crippen LogP contribution in [0.2, 0.25) is 0 Å². The molecule has 1 unspecified atom stereocenters. The van der Waals surface area contributed by atoms with Gasteiger partial charge in [0.15, 0.2) is 0 Å². The van der Waals surface area contributed by atoms with Crippen molar-refractivity contribution in [3.8, 4) is 0 Å². The zero-order chi connectivity index (χ0) is 5.98. The fourth-order valence-corrected chi connectivity index (χ4v) is 0.599. The van der Waals surface area contributed by atoms with Crippen molar-refractivity contribution in [3.63, 3.8) is 0 Å². The van der Waals surface area contributed by atoms with Crippen molar-refractivity contribution >= 4 is 0 Å². The van der Waals surface area contributed by atoms with Crippen molar-refractivity contribution in [2.24, 2.45) is 5.73 Å². The van der Waals surface area contributed by atoms with E-state index >= 15 is 0 Å². The third-order valence-electron chi connectivity index (χ3n) is 1.33. The predicted molar refractivity (Wildman–Crippen MR) is 29.3 cm³/mol. The maximum atomic E-state index is 5.53. The second kappa shape index (κ2) is 2.44. The Bertz CT molecular complexity index is 66.8. The number of nitrogens with two attached hydrogens (primary N) is 1. The lowest BCUT2D eigenvalue weighted by Gasteiger charge is -2.25. The molecule has 2 N–H and O–H groups in total. The van der Waals surface area contributed by atoms with E-state index in [-0.39, 0.29) is 12.1 Å². The summed E-state index contributed by atoms with van der Waals surface area (Å²) in [7, 11) is 0. The molecule has 1 saturated heterocycles. The van der Waals surface area contributed by atoms with Gasteiger partial charge in [-0.25, -0.2) is 0 Å². The van der Waals surface area contributed by atoms with Gasteiger partial charge in [0.25, 0.3) is 0 Å². The first-order valence-corrected chi connectivity index (χ1v) is 2.75. The molecule has 0 saturated carbocycles. The Labute approximate surface area is 48.8 Å². The Kier molecular flexibility index (Phi) is 1.83. The van der Waals surface area contributed by atoms with Crippen LogP contribution in [-0.4, -0.2) is 25.5 Å². The van der Waals surface area contributed by atoms with Crippen LogP contribution < -0.4 is 5.73 Å². The third kappa shape index (κ3) is 1.18. The Hall–Kier alpha value is -0.120. The van der Waals surface area contributed by atoms with Crippen molar-refractivity contribution in [3.05, 3.63) is 0 Å². The first-order valence-electron chi connectivity index (χ1n) is 2.75. The summed E-state index contributed by atoms with van der Waals surface area (Å²) in [6.45, 7) is 2.98. The van der Waals surface area contributed by atoms with Crippen molar-refractivity contribution in [2.75, 3.05) is 13.4 Å². The molecule has 0 amide bonds. The molecule has 1 fully saturated rings. The molecule has 0 aromatic rings. The van der Waals surface area contributed by atoms with E-state index in [9.17, 15) is 0 Å². The molecule has 1 aliphatic heterocycles. The SMILES string of the molecule is C[C@@H]1OCOCC1N. The summed E-state index contributed by atoms with van der Waals surface area (Å²) in [6.07, 6.45) is 0.156. The normalized spacial score (nSPS) is 39.8. The van der Waals surface area contributed by atoms with Gasteiger partial charge in [-0.15, -0.1) is 0 Å². The monoisotopic (exact) mass is 117 g/mol. The summed E-state index contributed by atoms with van der Waals surface area (Å²) < 4.78 is 9.95. The Balaban J connectivity index is 2.28.